The Hall–Kier alpha value is -2.43. The fraction of sp³-hybridized carbons (Fsp3) is 0.455. The van der Waals surface area contributed by atoms with Gasteiger partial charge in [-0.05, 0) is 42.5 Å². The van der Waals surface area contributed by atoms with Crippen LogP contribution in [0, 0.1) is 0 Å². The summed E-state index contributed by atoms with van der Waals surface area (Å²) in [7, 11) is -3.65. The zero-order valence-corrected chi connectivity index (χ0v) is 20.1. The molecule has 1 aromatic heterocycles. The zero-order chi connectivity index (χ0) is 23.1. The fourth-order valence-corrected chi connectivity index (χ4v) is 5.84. The number of rotatable bonds is 10. The number of carbonyl (C=O) groups excluding carboxylic acids is 2. The highest BCUT2D eigenvalue weighted by Gasteiger charge is 2.25. The van der Waals surface area contributed by atoms with Gasteiger partial charge in [-0.2, -0.15) is 4.31 Å². The van der Waals surface area contributed by atoms with Crippen LogP contribution in [0.4, 0.5) is 11.4 Å². The summed E-state index contributed by atoms with van der Waals surface area (Å²) in [6.45, 7) is 6.26. The first-order valence-electron chi connectivity index (χ1n) is 10.9. The number of amides is 2. The molecule has 0 unspecified atom stereocenters. The first-order chi connectivity index (χ1) is 15.4. The number of nitrogens with one attached hydrogen (secondary N) is 2. The van der Waals surface area contributed by atoms with Crippen molar-refractivity contribution in [3.63, 3.8) is 0 Å². The van der Waals surface area contributed by atoms with Crippen molar-refractivity contribution >= 4 is 44.5 Å². The molecule has 0 radical (unpaired) electrons. The molecule has 0 bridgehead atoms. The number of hydrogen-bond donors (Lipinski definition) is 2. The predicted molar refractivity (Wildman–Crippen MR) is 128 cm³/mol. The molecule has 2 N–H and O–H groups in total. The average Bonchev–Trinajstić information content (AvgIpc) is 3.49. The summed E-state index contributed by atoms with van der Waals surface area (Å²) in [6, 6.07) is 8.45. The van der Waals surface area contributed by atoms with Gasteiger partial charge in [0.15, 0.2) is 0 Å². The number of anilines is 2. The van der Waals surface area contributed by atoms with Crippen molar-refractivity contribution in [2.45, 2.75) is 38.0 Å². The third-order valence-corrected chi connectivity index (χ3v) is 8.33. The summed E-state index contributed by atoms with van der Waals surface area (Å²) in [6.07, 6.45) is 2.20. The van der Waals surface area contributed by atoms with E-state index in [1.54, 1.807) is 44.2 Å². The van der Waals surface area contributed by atoms with Crippen molar-refractivity contribution in [1.82, 2.24) is 9.62 Å². The van der Waals surface area contributed by atoms with E-state index in [-0.39, 0.29) is 29.7 Å². The standard InChI is InChI=1S/C22H30N4O4S2/c1-3-26(4-2)32(29,30)17-9-10-19(25-13-5-6-14-25)18(16-17)24-21(27)11-12-23-22(28)20-8-7-15-31-20/h7-10,15-16H,3-6,11-14H2,1-2H3,(H,23,28)(H,24,27). The summed E-state index contributed by atoms with van der Waals surface area (Å²) in [5, 5.41) is 7.43. The lowest BCUT2D eigenvalue weighted by atomic mass is 10.2. The molecular weight excluding hydrogens is 448 g/mol. The lowest BCUT2D eigenvalue weighted by Gasteiger charge is -2.24. The monoisotopic (exact) mass is 478 g/mol. The summed E-state index contributed by atoms with van der Waals surface area (Å²) >= 11 is 1.34. The molecule has 174 valence electrons. The maximum Gasteiger partial charge on any atom is 0.261 e. The average molecular weight is 479 g/mol. The molecule has 1 saturated heterocycles. The molecule has 3 rings (SSSR count). The summed E-state index contributed by atoms with van der Waals surface area (Å²) in [5.74, 6) is -0.493. The van der Waals surface area contributed by atoms with Crippen LogP contribution in [0.25, 0.3) is 0 Å². The zero-order valence-electron chi connectivity index (χ0n) is 18.5. The topological polar surface area (TPSA) is 98.8 Å². The van der Waals surface area contributed by atoms with Gasteiger partial charge in [-0.3, -0.25) is 9.59 Å². The molecule has 0 spiro atoms. The molecule has 0 aliphatic carbocycles. The highest BCUT2D eigenvalue weighted by Crippen LogP contribution is 2.32. The number of benzene rings is 1. The lowest BCUT2D eigenvalue weighted by Crippen LogP contribution is -2.31. The van der Waals surface area contributed by atoms with Crippen molar-refractivity contribution in [3.8, 4) is 0 Å². The Morgan fingerprint density at radius 2 is 1.84 bits per heavy atom. The normalized spacial score (nSPS) is 14.0. The highest BCUT2D eigenvalue weighted by atomic mass is 32.2. The minimum Gasteiger partial charge on any atom is -0.370 e. The first kappa shape index (κ1) is 24.2. The van der Waals surface area contributed by atoms with Crippen LogP contribution in [0.3, 0.4) is 0 Å². The van der Waals surface area contributed by atoms with E-state index in [1.165, 1.54) is 15.6 Å². The van der Waals surface area contributed by atoms with Gasteiger partial charge in [0, 0.05) is 39.1 Å². The second kappa shape index (κ2) is 10.9. The van der Waals surface area contributed by atoms with Gasteiger partial charge in [0.1, 0.15) is 0 Å². The number of hydrogen-bond acceptors (Lipinski definition) is 6. The van der Waals surface area contributed by atoms with Gasteiger partial charge in [-0.15, -0.1) is 11.3 Å². The molecule has 1 fully saturated rings. The van der Waals surface area contributed by atoms with E-state index >= 15 is 0 Å². The molecule has 2 aromatic rings. The van der Waals surface area contributed by atoms with Crippen LogP contribution in [0.5, 0.6) is 0 Å². The van der Waals surface area contributed by atoms with Crippen LogP contribution in [0.2, 0.25) is 0 Å². The van der Waals surface area contributed by atoms with Crippen LogP contribution >= 0.6 is 11.3 Å². The van der Waals surface area contributed by atoms with Gasteiger partial charge in [-0.25, -0.2) is 8.42 Å². The van der Waals surface area contributed by atoms with Gasteiger partial charge in [0.25, 0.3) is 5.91 Å². The predicted octanol–water partition coefficient (Wildman–Crippen LogP) is 3.14. The molecule has 1 aromatic carbocycles. The van der Waals surface area contributed by atoms with E-state index in [0.717, 1.165) is 31.6 Å². The highest BCUT2D eigenvalue weighted by molar-refractivity contribution is 7.89. The van der Waals surface area contributed by atoms with Crippen LogP contribution in [0.1, 0.15) is 42.8 Å². The Morgan fingerprint density at radius 1 is 1.12 bits per heavy atom. The molecule has 1 aliphatic heterocycles. The number of thiophene rings is 1. The van der Waals surface area contributed by atoms with E-state index < -0.39 is 10.0 Å². The molecular formula is C22H30N4O4S2. The van der Waals surface area contributed by atoms with E-state index in [0.29, 0.717) is 23.7 Å². The first-order valence-corrected chi connectivity index (χ1v) is 13.2. The maximum atomic E-state index is 13.0. The third kappa shape index (κ3) is 5.67. The fourth-order valence-electron chi connectivity index (χ4n) is 3.72. The molecule has 2 amide bonds. The van der Waals surface area contributed by atoms with Gasteiger partial charge < -0.3 is 15.5 Å². The van der Waals surface area contributed by atoms with Crippen molar-refractivity contribution < 1.29 is 18.0 Å². The second-order valence-corrected chi connectivity index (χ2v) is 10.4. The van der Waals surface area contributed by atoms with Crippen LogP contribution < -0.4 is 15.5 Å². The lowest BCUT2D eigenvalue weighted by molar-refractivity contribution is -0.116. The Labute approximate surface area is 193 Å². The Morgan fingerprint density at radius 3 is 2.47 bits per heavy atom. The van der Waals surface area contributed by atoms with Gasteiger partial charge in [0.05, 0.1) is 21.1 Å². The van der Waals surface area contributed by atoms with Crippen LogP contribution in [-0.2, 0) is 14.8 Å². The van der Waals surface area contributed by atoms with Crippen molar-refractivity contribution in [2.75, 3.05) is 42.9 Å². The quantitative estimate of drug-likeness (QED) is 0.547. The number of nitrogens with zero attached hydrogens (tertiary/aromatic N) is 2. The van der Waals surface area contributed by atoms with E-state index in [4.69, 9.17) is 0 Å². The van der Waals surface area contributed by atoms with Crippen molar-refractivity contribution in [1.29, 1.82) is 0 Å². The van der Waals surface area contributed by atoms with Crippen molar-refractivity contribution in [3.05, 3.63) is 40.6 Å². The Kier molecular flexibility index (Phi) is 8.27. The van der Waals surface area contributed by atoms with E-state index in [1.807, 2.05) is 5.38 Å². The number of sulfonamides is 1. The van der Waals surface area contributed by atoms with Crippen molar-refractivity contribution in [2.24, 2.45) is 0 Å². The molecule has 2 heterocycles. The molecule has 8 nitrogen and oxygen atoms in total. The minimum atomic E-state index is -3.65. The van der Waals surface area contributed by atoms with Gasteiger partial charge in [-0.1, -0.05) is 19.9 Å². The third-order valence-electron chi connectivity index (χ3n) is 5.41. The number of carbonyl (C=O) groups is 2. The van der Waals surface area contributed by atoms with E-state index in [2.05, 4.69) is 15.5 Å². The maximum absolute atomic E-state index is 13.0. The van der Waals surface area contributed by atoms with Crippen LogP contribution in [0.15, 0.2) is 40.6 Å². The van der Waals surface area contributed by atoms with Gasteiger partial charge in [0.2, 0.25) is 15.9 Å². The van der Waals surface area contributed by atoms with Crippen LogP contribution in [-0.4, -0.2) is 57.3 Å². The summed E-state index contributed by atoms with van der Waals surface area (Å²) < 4.78 is 27.3. The Balaban J connectivity index is 1.74. The van der Waals surface area contributed by atoms with E-state index in [9.17, 15) is 18.0 Å². The molecule has 10 heteroatoms. The SMILES string of the molecule is CCN(CC)S(=O)(=O)c1ccc(N2CCCC2)c(NC(=O)CCNC(=O)c2cccs2)c1. The smallest absolute Gasteiger partial charge is 0.261 e. The summed E-state index contributed by atoms with van der Waals surface area (Å²) in [4.78, 5) is 27.6. The second-order valence-electron chi connectivity index (χ2n) is 7.49. The molecule has 32 heavy (non-hydrogen) atoms. The molecule has 1 aliphatic rings. The van der Waals surface area contributed by atoms with Gasteiger partial charge >= 0.3 is 0 Å². The Bertz CT molecular complexity index is 1030. The largest absolute Gasteiger partial charge is 0.370 e. The minimum absolute atomic E-state index is 0.0869. The molecule has 0 atom stereocenters. The summed E-state index contributed by atoms with van der Waals surface area (Å²) in [5.41, 5.74) is 1.30. The molecule has 0 saturated carbocycles.